The van der Waals surface area contributed by atoms with Gasteiger partial charge in [0.25, 0.3) is 0 Å². The SMILES string of the molecule is C=C(CBr)C1OCCO1.c1ccc(P(c2ccccc2)c2ccccc2)cc1. The Morgan fingerprint density at radius 2 is 1.11 bits per heavy atom. The second-order valence-corrected chi connectivity index (χ2v) is 8.99. The summed E-state index contributed by atoms with van der Waals surface area (Å²) in [6.07, 6.45) is -0.163. The van der Waals surface area contributed by atoms with Crippen molar-refractivity contribution in [1.82, 2.24) is 0 Å². The third-order valence-electron chi connectivity index (χ3n) is 4.17. The molecule has 1 heterocycles. The van der Waals surface area contributed by atoms with Gasteiger partial charge in [0.1, 0.15) is 0 Å². The van der Waals surface area contributed by atoms with Crippen molar-refractivity contribution in [2.45, 2.75) is 6.29 Å². The van der Waals surface area contributed by atoms with Crippen LogP contribution in [0.25, 0.3) is 0 Å². The first-order valence-electron chi connectivity index (χ1n) is 9.21. The van der Waals surface area contributed by atoms with Gasteiger partial charge in [-0.1, -0.05) is 114 Å². The predicted octanol–water partition coefficient (Wildman–Crippen LogP) is 4.76. The molecule has 1 aliphatic heterocycles. The summed E-state index contributed by atoms with van der Waals surface area (Å²) in [6, 6.07) is 32.3. The van der Waals surface area contributed by atoms with Gasteiger partial charge in [-0.05, 0) is 29.4 Å². The molecule has 0 saturated carbocycles. The Balaban J connectivity index is 0.000000211. The number of ether oxygens (including phenoxy) is 2. The minimum Gasteiger partial charge on any atom is -0.346 e. The van der Waals surface area contributed by atoms with Crippen molar-refractivity contribution in [2.24, 2.45) is 0 Å². The lowest BCUT2D eigenvalue weighted by molar-refractivity contribution is -0.0100. The van der Waals surface area contributed by atoms with Crippen molar-refractivity contribution in [2.75, 3.05) is 18.5 Å². The van der Waals surface area contributed by atoms with Gasteiger partial charge in [0.05, 0.1) is 13.2 Å². The average Bonchev–Trinajstić information content (AvgIpc) is 3.31. The van der Waals surface area contributed by atoms with Crippen molar-refractivity contribution < 1.29 is 9.47 Å². The monoisotopic (exact) mass is 454 g/mol. The van der Waals surface area contributed by atoms with Crippen molar-refractivity contribution >= 4 is 39.8 Å². The predicted molar refractivity (Wildman–Crippen MR) is 124 cm³/mol. The van der Waals surface area contributed by atoms with Crippen LogP contribution in [0.15, 0.2) is 103 Å². The van der Waals surface area contributed by atoms with Gasteiger partial charge in [-0.25, -0.2) is 0 Å². The highest BCUT2D eigenvalue weighted by Crippen LogP contribution is 2.32. The Labute approximate surface area is 177 Å². The van der Waals surface area contributed by atoms with E-state index in [-0.39, 0.29) is 6.29 Å². The van der Waals surface area contributed by atoms with Crippen LogP contribution in [0, 0.1) is 0 Å². The van der Waals surface area contributed by atoms with E-state index in [0.717, 1.165) is 10.9 Å². The molecule has 1 saturated heterocycles. The first-order valence-corrected chi connectivity index (χ1v) is 11.7. The van der Waals surface area contributed by atoms with Crippen LogP contribution in [0.4, 0.5) is 0 Å². The van der Waals surface area contributed by atoms with Crippen LogP contribution in [0.5, 0.6) is 0 Å². The zero-order chi connectivity index (χ0) is 19.6. The highest BCUT2D eigenvalue weighted by molar-refractivity contribution is 9.09. The average molecular weight is 455 g/mol. The van der Waals surface area contributed by atoms with Gasteiger partial charge >= 0.3 is 0 Å². The first-order chi connectivity index (χ1) is 13.8. The van der Waals surface area contributed by atoms with Crippen LogP contribution in [0.3, 0.4) is 0 Å². The largest absolute Gasteiger partial charge is 0.346 e. The summed E-state index contributed by atoms with van der Waals surface area (Å²) >= 11 is 3.27. The molecule has 0 amide bonds. The fraction of sp³-hybridized carbons (Fsp3) is 0.167. The first kappa shape index (κ1) is 21.0. The molecule has 0 aromatic heterocycles. The van der Waals surface area contributed by atoms with Gasteiger partial charge < -0.3 is 9.47 Å². The third kappa shape index (κ3) is 5.86. The summed E-state index contributed by atoms with van der Waals surface area (Å²) in [4.78, 5) is 0. The van der Waals surface area contributed by atoms with E-state index < -0.39 is 7.92 Å². The van der Waals surface area contributed by atoms with Crippen LogP contribution in [0.2, 0.25) is 0 Å². The molecule has 2 nitrogen and oxygen atoms in total. The van der Waals surface area contributed by atoms with Crippen molar-refractivity contribution in [3.05, 3.63) is 103 Å². The standard InChI is InChI=1S/C18H15P.C6H9BrO2/c1-4-10-16(11-5-1)19(17-12-6-2-7-13-17)18-14-8-3-9-15-18;1-5(4-7)6-8-2-3-9-6/h1-15H;6H,1-4H2. The van der Waals surface area contributed by atoms with E-state index in [9.17, 15) is 0 Å². The summed E-state index contributed by atoms with van der Waals surface area (Å²) in [5.41, 5.74) is 0.951. The van der Waals surface area contributed by atoms with E-state index in [2.05, 4.69) is 114 Å². The summed E-state index contributed by atoms with van der Waals surface area (Å²) in [6.45, 7) is 5.14. The van der Waals surface area contributed by atoms with Crippen LogP contribution >= 0.6 is 23.9 Å². The molecule has 1 fully saturated rings. The van der Waals surface area contributed by atoms with Gasteiger partial charge in [0.15, 0.2) is 6.29 Å². The van der Waals surface area contributed by atoms with E-state index in [0.29, 0.717) is 13.2 Å². The maximum atomic E-state index is 5.15. The van der Waals surface area contributed by atoms with E-state index in [1.54, 1.807) is 0 Å². The topological polar surface area (TPSA) is 18.5 Å². The van der Waals surface area contributed by atoms with Gasteiger partial charge in [0.2, 0.25) is 0 Å². The lowest BCUT2D eigenvalue weighted by Gasteiger charge is -2.18. The summed E-state index contributed by atoms with van der Waals surface area (Å²) in [7, 11) is -0.446. The van der Waals surface area contributed by atoms with Crippen molar-refractivity contribution in [1.29, 1.82) is 0 Å². The molecule has 3 aromatic rings. The van der Waals surface area contributed by atoms with Gasteiger partial charge in [-0.2, -0.15) is 0 Å². The lowest BCUT2D eigenvalue weighted by atomic mass is 10.3. The molecule has 0 N–H and O–H groups in total. The Kier molecular flexibility index (Phi) is 8.44. The van der Waals surface area contributed by atoms with Crippen LogP contribution in [-0.4, -0.2) is 24.8 Å². The normalized spacial score (nSPS) is 13.8. The molecular weight excluding hydrogens is 431 g/mol. The number of halogens is 1. The molecule has 1 aliphatic rings. The van der Waals surface area contributed by atoms with E-state index in [1.807, 2.05) is 0 Å². The Hall–Kier alpha value is -1.77. The Bertz CT molecular complexity index is 740. The maximum Gasteiger partial charge on any atom is 0.180 e. The van der Waals surface area contributed by atoms with E-state index in [1.165, 1.54) is 15.9 Å². The second kappa shape index (κ2) is 11.3. The molecule has 3 aromatic carbocycles. The molecule has 0 aliphatic carbocycles. The van der Waals surface area contributed by atoms with Crippen LogP contribution in [0.1, 0.15) is 0 Å². The fourth-order valence-electron chi connectivity index (χ4n) is 2.84. The Morgan fingerprint density at radius 3 is 1.43 bits per heavy atom. The van der Waals surface area contributed by atoms with Crippen molar-refractivity contribution in [3.63, 3.8) is 0 Å². The fourth-order valence-corrected chi connectivity index (χ4v) is 5.41. The van der Waals surface area contributed by atoms with E-state index >= 15 is 0 Å². The molecule has 0 unspecified atom stereocenters. The highest BCUT2D eigenvalue weighted by atomic mass is 79.9. The molecular formula is C24H24BrO2P. The molecule has 28 heavy (non-hydrogen) atoms. The van der Waals surface area contributed by atoms with Gasteiger partial charge in [-0.3, -0.25) is 0 Å². The van der Waals surface area contributed by atoms with Crippen LogP contribution in [-0.2, 0) is 9.47 Å². The molecule has 0 spiro atoms. The second-order valence-electron chi connectivity index (χ2n) is 6.21. The molecule has 0 bridgehead atoms. The molecule has 4 heteroatoms. The van der Waals surface area contributed by atoms with Crippen LogP contribution < -0.4 is 15.9 Å². The minimum absolute atomic E-state index is 0.163. The lowest BCUT2D eigenvalue weighted by Crippen LogP contribution is -2.20. The zero-order valence-corrected chi connectivity index (χ0v) is 18.2. The van der Waals surface area contributed by atoms with Crippen molar-refractivity contribution in [3.8, 4) is 0 Å². The number of benzene rings is 3. The summed E-state index contributed by atoms with van der Waals surface area (Å²) in [5, 5.41) is 4.94. The Morgan fingerprint density at radius 1 is 0.750 bits per heavy atom. The molecule has 144 valence electrons. The summed E-state index contributed by atoms with van der Waals surface area (Å²) in [5.74, 6) is 0. The number of hydrogen-bond acceptors (Lipinski definition) is 2. The summed E-state index contributed by atoms with van der Waals surface area (Å²) < 4.78 is 10.3. The molecule has 0 radical (unpaired) electrons. The number of alkyl halides is 1. The number of hydrogen-bond donors (Lipinski definition) is 0. The van der Waals surface area contributed by atoms with Gasteiger partial charge in [-0.15, -0.1) is 0 Å². The molecule has 0 atom stereocenters. The third-order valence-corrected chi connectivity index (χ3v) is 7.33. The van der Waals surface area contributed by atoms with Gasteiger partial charge in [0, 0.05) is 5.33 Å². The quantitative estimate of drug-likeness (QED) is 0.314. The van der Waals surface area contributed by atoms with E-state index in [4.69, 9.17) is 9.47 Å². The number of rotatable bonds is 5. The molecule has 4 rings (SSSR count). The zero-order valence-electron chi connectivity index (χ0n) is 15.7. The minimum atomic E-state index is -0.446. The maximum absolute atomic E-state index is 5.15. The smallest absolute Gasteiger partial charge is 0.180 e. The highest BCUT2D eigenvalue weighted by Gasteiger charge is 2.17.